The van der Waals surface area contributed by atoms with Gasteiger partial charge in [0.25, 0.3) is 5.91 Å². The number of para-hydroxylation sites is 1. The Hall–Kier alpha value is -3.30. The van der Waals surface area contributed by atoms with E-state index in [1.807, 2.05) is 38.1 Å². The Balaban J connectivity index is 1.51. The SMILES string of the molecule is CCOc1cc(/C=C2/C(=N)N3N=C(CC(C)C)SC3=NC2=O)cc(Cl)c1OCCOc1ccccc1C. The molecule has 8 nitrogen and oxygen atoms in total. The normalized spacial score (nSPS) is 16.2. The molecule has 0 saturated carbocycles. The average molecular weight is 541 g/mol. The smallest absolute Gasteiger partial charge is 0.283 e. The number of nitrogens with zero attached hydrogens (tertiary/aromatic N) is 3. The van der Waals surface area contributed by atoms with E-state index in [0.717, 1.165) is 22.8 Å². The molecule has 0 aromatic heterocycles. The van der Waals surface area contributed by atoms with Gasteiger partial charge < -0.3 is 14.2 Å². The van der Waals surface area contributed by atoms with E-state index in [-0.39, 0.29) is 18.0 Å². The van der Waals surface area contributed by atoms with Gasteiger partial charge >= 0.3 is 0 Å². The van der Waals surface area contributed by atoms with E-state index in [4.69, 9.17) is 31.2 Å². The molecule has 2 heterocycles. The molecule has 0 saturated heterocycles. The fraction of sp³-hybridized carbons (Fsp3) is 0.333. The number of rotatable bonds is 10. The largest absolute Gasteiger partial charge is 0.490 e. The predicted molar refractivity (Wildman–Crippen MR) is 149 cm³/mol. The summed E-state index contributed by atoms with van der Waals surface area (Å²) in [6, 6.07) is 11.2. The van der Waals surface area contributed by atoms with E-state index in [1.165, 1.54) is 16.8 Å². The molecule has 0 fully saturated rings. The van der Waals surface area contributed by atoms with Crippen molar-refractivity contribution in [2.75, 3.05) is 19.8 Å². The molecule has 2 aromatic carbocycles. The molecule has 10 heteroatoms. The Morgan fingerprint density at radius 2 is 1.89 bits per heavy atom. The lowest BCUT2D eigenvalue weighted by atomic mass is 10.1. The van der Waals surface area contributed by atoms with Gasteiger partial charge in [-0.05, 0) is 66.9 Å². The number of fused-ring (bicyclic) bond motifs is 1. The third-order valence-electron chi connectivity index (χ3n) is 5.40. The number of aryl methyl sites for hydroxylation is 1. The molecule has 37 heavy (non-hydrogen) atoms. The number of hydrazone groups is 1. The molecule has 2 aliphatic rings. The van der Waals surface area contributed by atoms with E-state index in [0.29, 0.717) is 46.4 Å². The van der Waals surface area contributed by atoms with Crippen molar-refractivity contribution in [1.29, 1.82) is 5.41 Å². The van der Waals surface area contributed by atoms with Crippen LogP contribution < -0.4 is 14.2 Å². The molecule has 0 spiro atoms. The number of aliphatic imine (C=N–C) groups is 1. The molecule has 4 rings (SSSR count). The fourth-order valence-electron chi connectivity index (χ4n) is 3.72. The number of carbonyl (C=O) groups excluding carboxylic acids is 1. The van der Waals surface area contributed by atoms with Gasteiger partial charge in [0.15, 0.2) is 17.3 Å². The zero-order valence-corrected chi connectivity index (χ0v) is 22.8. The van der Waals surface area contributed by atoms with Crippen molar-refractivity contribution in [1.82, 2.24) is 5.01 Å². The van der Waals surface area contributed by atoms with Crippen LogP contribution in [0.3, 0.4) is 0 Å². The second-order valence-corrected chi connectivity index (χ2v) is 10.3. The monoisotopic (exact) mass is 540 g/mol. The van der Waals surface area contributed by atoms with Crippen LogP contribution in [0.2, 0.25) is 5.02 Å². The van der Waals surface area contributed by atoms with E-state index in [9.17, 15) is 4.79 Å². The van der Waals surface area contributed by atoms with Gasteiger partial charge in [-0.3, -0.25) is 10.2 Å². The third kappa shape index (κ3) is 6.34. The van der Waals surface area contributed by atoms with Crippen LogP contribution in [0.25, 0.3) is 6.08 Å². The van der Waals surface area contributed by atoms with Crippen LogP contribution in [0, 0.1) is 18.3 Å². The van der Waals surface area contributed by atoms with Crippen LogP contribution in [0.4, 0.5) is 0 Å². The van der Waals surface area contributed by atoms with Crippen molar-refractivity contribution >= 4 is 51.4 Å². The molecule has 0 atom stereocenters. The summed E-state index contributed by atoms with van der Waals surface area (Å²) in [4.78, 5) is 16.9. The maximum absolute atomic E-state index is 12.8. The number of thioether (sulfide) groups is 1. The number of nitrogens with one attached hydrogen (secondary N) is 1. The summed E-state index contributed by atoms with van der Waals surface area (Å²) in [6.45, 7) is 9.01. The van der Waals surface area contributed by atoms with E-state index >= 15 is 0 Å². The molecule has 2 aromatic rings. The molecule has 0 aliphatic carbocycles. The minimum atomic E-state index is -0.493. The standard InChI is InChI=1S/C27H29ClN4O4S/c1-5-34-22-15-18(14-20(28)24(22)36-11-10-35-21-9-7-6-8-17(21)4)13-19-25(29)32-27(30-26(19)33)37-23(31-32)12-16(2)3/h6-9,13-16,29H,5,10-12H2,1-4H3/b19-13-,29-25?. The molecule has 0 unspecified atom stereocenters. The quantitative estimate of drug-likeness (QED) is 0.286. The molecule has 0 bridgehead atoms. The van der Waals surface area contributed by atoms with Crippen molar-refractivity contribution in [3.05, 3.63) is 58.1 Å². The molecule has 0 radical (unpaired) electrons. The first-order valence-corrected chi connectivity index (χ1v) is 13.2. The second kappa shape index (κ2) is 11.8. The highest BCUT2D eigenvalue weighted by atomic mass is 35.5. The average Bonchev–Trinajstić information content (AvgIpc) is 3.23. The van der Waals surface area contributed by atoms with Crippen molar-refractivity contribution in [3.8, 4) is 17.2 Å². The van der Waals surface area contributed by atoms with Crippen LogP contribution in [0.5, 0.6) is 17.2 Å². The van der Waals surface area contributed by atoms with Gasteiger partial charge in [0.05, 0.1) is 17.2 Å². The van der Waals surface area contributed by atoms with Crippen molar-refractivity contribution in [2.24, 2.45) is 16.0 Å². The van der Waals surface area contributed by atoms with Crippen LogP contribution in [-0.2, 0) is 4.79 Å². The van der Waals surface area contributed by atoms with Crippen molar-refractivity contribution in [2.45, 2.75) is 34.1 Å². The van der Waals surface area contributed by atoms with Gasteiger partial charge in [0.1, 0.15) is 24.0 Å². The number of amidine groups is 2. The van der Waals surface area contributed by atoms with Gasteiger partial charge in [-0.2, -0.15) is 15.1 Å². The Kier molecular flexibility index (Phi) is 8.56. The van der Waals surface area contributed by atoms with Gasteiger partial charge in [-0.25, -0.2) is 0 Å². The molecule has 194 valence electrons. The van der Waals surface area contributed by atoms with Gasteiger partial charge in [-0.1, -0.05) is 43.6 Å². The minimum Gasteiger partial charge on any atom is -0.490 e. The van der Waals surface area contributed by atoms with Crippen LogP contribution in [0.15, 0.2) is 52.1 Å². The van der Waals surface area contributed by atoms with Crippen LogP contribution in [0.1, 0.15) is 38.3 Å². The molecular formula is C27H29ClN4O4S. The highest BCUT2D eigenvalue weighted by molar-refractivity contribution is 8.26. The van der Waals surface area contributed by atoms with Crippen molar-refractivity contribution in [3.63, 3.8) is 0 Å². The number of benzene rings is 2. The Labute approximate surface area is 225 Å². The summed E-state index contributed by atoms with van der Waals surface area (Å²) in [5.41, 5.74) is 1.75. The highest BCUT2D eigenvalue weighted by Crippen LogP contribution is 2.38. The summed E-state index contributed by atoms with van der Waals surface area (Å²) in [5, 5.41) is 16.0. The van der Waals surface area contributed by atoms with Crippen LogP contribution >= 0.6 is 23.4 Å². The maximum Gasteiger partial charge on any atom is 0.283 e. The molecule has 2 aliphatic heterocycles. The number of halogens is 1. The van der Waals surface area contributed by atoms with Gasteiger partial charge in [-0.15, -0.1) is 0 Å². The maximum atomic E-state index is 12.8. The lowest BCUT2D eigenvalue weighted by Crippen LogP contribution is -2.35. The Morgan fingerprint density at radius 3 is 2.62 bits per heavy atom. The van der Waals surface area contributed by atoms with E-state index < -0.39 is 5.91 Å². The highest BCUT2D eigenvalue weighted by Gasteiger charge is 2.35. The Morgan fingerprint density at radius 1 is 1.14 bits per heavy atom. The summed E-state index contributed by atoms with van der Waals surface area (Å²) in [6.07, 6.45) is 2.33. The fourth-order valence-corrected chi connectivity index (χ4v) is 5.09. The lowest BCUT2D eigenvalue weighted by Gasteiger charge is -2.20. The first-order chi connectivity index (χ1) is 17.8. The Bertz CT molecular complexity index is 1310. The number of amides is 1. The molecular weight excluding hydrogens is 512 g/mol. The van der Waals surface area contributed by atoms with Gasteiger partial charge in [0, 0.05) is 6.42 Å². The number of carbonyl (C=O) groups is 1. The second-order valence-electron chi connectivity index (χ2n) is 8.84. The van der Waals surface area contributed by atoms with Gasteiger partial charge in [0.2, 0.25) is 5.17 Å². The molecule has 1 N–H and O–H groups in total. The topological polar surface area (TPSA) is 96.6 Å². The summed E-state index contributed by atoms with van der Waals surface area (Å²) in [7, 11) is 0. The number of ether oxygens (including phenoxy) is 3. The van der Waals surface area contributed by atoms with Crippen molar-refractivity contribution < 1.29 is 19.0 Å². The molecule has 1 amide bonds. The minimum absolute atomic E-state index is 0.0241. The third-order valence-corrected chi connectivity index (χ3v) is 6.61. The summed E-state index contributed by atoms with van der Waals surface area (Å²) < 4.78 is 17.5. The number of hydrogen-bond acceptors (Lipinski definition) is 7. The predicted octanol–water partition coefficient (Wildman–Crippen LogP) is 6.17. The summed E-state index contributed by atoms with van der Waals surface area (Å²) in [5.74, 6) is 1.51. The van der Waals surface area contributed by atoms with Crippen LogP contribution in [-0.4, -0.2) is 46.8 Å². The van der Waals surface area contributed by atoms with E-state index in [2.05, 4.69) is 23.9 Å². The zero-order valence-electron chi connectivity index (χ0n) is 21.2. The summed E-state index contributed by atoms with van der Waals surface area (Å²) >= 11 is 7.89. The first-order valence-electron chi connectivity index (χ1n) is 12.0. The lowest BCUT2D eigenvalue weighted by molar-refractivity contribution is -0.114. The number of hydrogen-bond donors (Lipinski definition) is 1. The zero-order chi connectivity index (χ0) is 26.5. The first kappa shape index (κ1) is 26.8. The van der Waals surface area contributed by atoms with E-state index in [1.54, 1.807) is 18.2 Å².